The standard InChI is InChI=1S/C18H25N5O2/c1-13(25-15-8-6-5-7-9-15)18(24)20-11-10-19-16-12-17(23(3)4)22-14(2)21-16/h5-9,12-13H,10-11H2,1-4H3,(H,20,24)(H,19,21,22)/t13-/m0/s1. The lowest BCUT2D eigenvalue weighted by Crippen LogP contribution is -2.38. The van der Waals surface area contributed by atoms with Gasteiger partial charge in [-0.3, -0.25) is 4.79 Å². The Morgan fingerprint density at radius 3 is 2.60 bits per heavy atom. The van der Waals surface area contributed by atoms with Gasteiger partial charge < -0.3 is 20.3 Å². The van der Waals surface area contributed by atoms with Crippen molar-refractivity contribution in [2.75, 3.05) is 37.4 Å². The van der Waals surface area contributed by atoms with E-state index in [1.54, 1.807) is 6.92 Å². The predicted molar refractivity (Wildman–Crippen MR) is 99.1 cm³/mol. The molecule has 7 nitrogen and oxygen atoms in total. The molecule has 0 unspecified atom stereocenters. The number of hydrogen-bond donors (Lipinski definition) is 2. The van der Waals surface area contributed by atoms with E-state index in [2.05, 4.69) is 20.6 Å². The van der Waals surface area contributed by atoms with Gasteiger partial charge in [-0.2, -0.15) is 0 Å². The van der Waals surface area contributed by atoms with Crippen molar-refractivity contribution >= 4 is 17.5 Å². The van der Waals surface area contributed by atoms with E-state index in [9.17, 15) is 4.79 Å². The van der Waals surface area contributed by atoms with Crippen molar-refractivity contribution in [2.45, 2.75) is 20.0 Å². The Hall–Kier alpha value is -2.83. The second kappa shape index (κ2) is 8.86. The number of carbonyl (C=O) groups excluding carboxylic acids is 1. The number of hydrogen-bond acceptors (Lipinski definition) is 6. The first-order valence-electron chi connectivity index (χ1n) is 8.22. The molecular weight excluding hydrogens is 318 g/mol. The van der Waals surface area contributed by atoms with Crippen LogP contribution >= 0.6 is 0 Å². The van der Waals surface area contributed by atoms with Crippen molar-refractivity contribution < 1.29 is 9.53 Å². The number of ether oxygens (including phenoxy) is 1. The van der Waals surface area contributed by atoms with E-state index in [0.717, 1.165) is 11.6 Å². The molecule has 0 aliphatic heterocycles. The summed E-state index contributed by atoms with van der Waals surface area (Å²) in [5, 5.41) is 6.04. The van der Waals surface area contributed by atoms with E-state index in [1.165, 1.54) is 0 Å². The minimum absolute atomic E-state index is 0.154. The van der Waals surface area contributed by atoms with Crippen LogP contribution in [0, 0.1) is 6.92 Å². The van der Waals surface area contributed by atoms with Crippen molar-refractivity contribution in [3.8, 4) is 5.75 Å². The molecule has 1 aromatic heterocycles. The minimum atomic E-state index is -0.552. The summed E-state index contributed by atoms with van der Waals surface area (Å²) in [6, 6.07) is 11.2. The summed E-state index contributed by atoms with van der Waals surface area (Å²) in [6.07, 6.45) is -0.552. The number of anilines is 2. The predicted octanol–water partition coefficient (Wildman–Crippen LogP) is 1.85. The summed E-state index contributed by atoms with van der Waals surface area (Å²) in [5.41, 5.74) is 0. The van der Waals surface area contributed by atoms with Crippen molar-refractivity contribution in [3.05, 3.63) is 42.2 Å². The van der Waals surface area contributed by atoms with E-state index in [0.29, 0.717) is 24.7 Å². The first-order valence-corrected chi connectivity index (χ1v) is 8.22. The highest BCUT2D eigenvalue weighted by molar-refractivity contribution is 5.80. The normalized spacial score (nSPS) is 11.5. The number of rotatable bonds is 8. The number of nitrogens with one attached hydrogen (secondary N) is 2. The number of benzene rings is 1. The van der Waals surface area contributed by atoms with Crippen molar-refractivity contribution in [1.82, 2.24) is 15.3 Å². The van der Waals surface area contributed by atoms with E-state index in [-0.39, 0.29) is 5.91 Å². The molecule has 0 aliphatic rings. The number of amides is 1. The molecule has 1 heterocycles. The molecule has 2 N–H and O–H groups in total. The third-order valence-electron chi connectivity index (χ3n) is 3.44. The largest absolute Gasteiger partial charge is 0.481 e. The fraction of sp³-hybridized carbons (Fsp3) is 0.389. The maximum absolute atomic E-state index is 12.1. The van der Waals surface area contributed by atoms with Gasteiger partial charge in [0.15, 0.2) is 6.10 Å². The minimum Gasteiger partial charge on any atom is -0.481 e. The molecule has 0 spiro atoms. The van der Waals surface area contributed by atoms with Crippen LogP contribution in [-0.4, -0.2) is 49.2 Å². The lowest BCUT2D eigenvalue weighted by atomic mass is 10.3. The fourth-order valence-corrected chi connectivity index (χ4v) is 2.15. The van der Waals surface area contributed by atoms with Gasteiger partial charge in [-0.25, -0.2) is 9.97 Å². The van der Waals surface area contributed by atoms with Crippen LogP contribution in [0.2, 0.25) is 0 Å². The molecule has 2 rings (SSSR count). The first kappa shape index (κ1) is 18.5. The molecule has 1 amide bonds. The molecule has 0 saturated carbocycles. The van der Waals surface area contributed by atoms with Crippen LogP contribution in [0.15, 0.2) is 36.4 Å². The maximum atomic E-state index is 12.1. The van der Waals surface area contributed by atoms with Crippen molar-refractivity contribution in [2.24, 2.45) is 0 Å². The quantitative estimate of drug-likeness (QED) is 0.712. The summed E-state index contributed by atoms with van der Waals surface area (Å²) in [7, 11) is 3.86. The van der Waals surface area contributed by atoms with E-state index >= 15 is 0 Å². The van der Waals surface area contributed by atoms with Crippen LogP contribution < -0.4 is 20.3 Å². The Kier molecular flexibility index (Phi) is 6.56. The second-order valence-electron chi connectivity index (χ2n) is 5.84. The monoisotopic (exact) mass is 343 g/mol. The molecule has 7 heteroatoms. The zero-order chi connectivity index (χ0) is 18.2. The molecular formula is C18H25N5O2. The van der Waals surface area contributed by atoms with E-state index in [1.807, 2.05) is 62.3 Å². The molecule has 2 aromatic rings. The van der Waals surface area contributed by atoms with E-state index in [4.69, 9.17) is 4.74 Å². The number of aromatic nitrogens is 2. The van der Waals surface area contributed by atoms with Crippen LogP contribution in [0.25, 0.3) is 0 Å². The van der Waals surface area contributed by atoms with Crippen molar-refractivity contribution in [1.29, 1.82) is 0 Å². The summed E-state index contributed by atoms with van der Waals surface area (Å²) in [6.45, 7) is 4.62. The smallest absolute Gasteiger partial charge is 0.260 e. The molecule has 0 radical (unpaired) electrons. The molecule has 0 fully saturated rings. The first-order chi connectivity index (χ1) is 12.0. The van der Waals surface area contributed by atoms with Crippen LogP contribution in [0.1, 0.15) is 12.7 Å². The Morgan fingerprint density at radius 1 is 1.20 bits per heavy atom. The molecule has 134 valence electrons. The van der Waals surface area contributed by atoms with Gasteiger partial charge in [0.2, 0.25) is 0 Å². The Bertz CT molecular complexity index is 691. The zero-order valence-electron chi connectivity index (χ0n) is 15.1. The Labute approximate surface area is 148 Å². The average Bonchev–Trinajstić information content (AvgIpc) is 2.58. The van der Waals surface area contributed by atoms with Crippen molar-refractivity contribution in [3.63, 3.8) is 0 Å². The molecule has 1 aromatic carbocycles. The van der Waals surface area contributed by atoms with Gasteiger partial charge in [0, 0.05) is 33.3 Å². The third-order valence-corrected chi connectivity index (χ3v) is 3.44. The lowest BCUT2D eigenvalue weighted by Gasteiger charge is -2.16. The topological polar surface area (TPSA) is 79.4 Å². The highest BCUT2D eigenvalue weighted by Gasteiger charge is 2.13. The highest BCUT2D eigenvalue weighted by Crippen LogP contribution is 2.13. The zero-order valence-corrected chi connectivity index (χ0v) is 15.1. The van der Waals surface area contributed by atoms with Crippen LogP contribution in [0.4, 0.5) is 11.6 Å². The SMILES string of the molecule is Cc1nc(NCCNC(=O)[C@H](C)Oc2ccccc2)cc(N(C)C)n1. The van der Waals surface area contributed by atoms with Crippen LogP contribution in [0.3, 0.4) is 0 Å². The van der Waals surface area contributed by atoms with Gasteiger partial charge in [0.05, 0.1) is 0 Å². The highest BCUT2D eigenvalue weighted by atomic mass is 16.5. The van der Waals surface area contributed by atoms with Gasteiger partial charge in [0.1, 0.15) is 23.2 Å². The second-order valence-corrected chi connectivity index (χ2v) is 5.84. The third kappa shape index (κ3) is 5.95. The number of nitrogens with zero attached hydrogens (tertiary/aromatic N) is 3. The maximum Gasteiger partial charge on any atom is 0.260 e. The van der Waals surface area contributed by atoms with Gasteiger partial charge in [-0.15, -0.1) is 0 Å². The fourth-order valence-electron chi connectivity index (χ4n) is 2.15. The lowest BCUT2D eigenvalue weighted by molar-refractivity contribution is -0.127. The van der Waals surface area contributed by atoms with Gasteiger partial charge in [-0.1, -0.05) is 18.2 Å². The van der Waals surface area contributed by atoms with Crippen LogP contribution in [0.5, 0.6) is 5.75 Å². The van der Waals surface area contributed by atoms with E-state index < -0.39 is 6.10 Å². The summed E-state index contributed by atoms with van der Waals surface area (Å²) >= 11 is 0. The van der Waals surface area contributed by atoms with Gasteiger partial charge >= 0.3 is 0 Å². The Morgan fingerprint density at radius 2 is 1.92 bits per heavy atom. The average molecular weight is 343 g/mol. The number of carbonyl (C=O) groups is 1. The molecule has 0 bridgehead atoms. The van der Waals surface area contributed by atoms with Gasteiger partial charge in [0.25, 0.3) is 5.91 Å². The van der Waals surface area contributed by atoms with Gasteiger partial charge in [-0.05, 0) is 26.0 Å². The molecule has 0 aliphatic carbocycles. The Balaban J connectivity index is 1.76. The molecule has 25 heavy (non-hydrogen) atoms. The number of aryl methyl sites for hydroxylation is 1. The summed E-state index contributed by atoms with van der Waals surface area (Å²) in [5.74, 6) is 2.79. The summed E-state index contributed by atoms with van der Waals surface area (Å²) in [4.78, 5) is 22.7. The van der Waals surface area contributed by atoms with Crippen LogP contribution in [-0.2, 0) is 4.79 Å². The molecule has 0 saturated heterocycles. The summed E-state index contributed by atoms with van der Waals surface area (Å²) < 4.78 is 5.59. The molecule has 1 atom stereocenters. The number of para-hydroxylation sites is 1.